The zero-order valence-electron chi connectivity index (χ0n) is 13.6. The summed E-state index contributed by atoms with van der Waals surface area (Å²) in [5, 5.41) is 0.240. The summed E-state index contributed by atoms with van der Waals surface area (Å²) in [5.74, 6) is 3.54. The second-order valence-electron chi connectivity index (χ2n) is 7.57. The highest BCUT2D eigenvalue weighted by Gasteiger charge is 2.40. The predicted molar refractivity (Wildman–Crippen MR) is 86.7 cm³/mol. The van der Waals surface area contributed by atoms with Crippen molar-refractivity contribution in [1.29, 1.82) is 0 Å². The molecule has 1 saturated carbocycles. The monoisotopic (exact) mass is 280 g/mol. The lowest BCUT2D eigenvalue weighted by Gasteiger charge is -2.40. The fourth-order valence-electron chi connectivity index (χ4n) is 2.55. The Balaban J connectivity index is 2.69. The van der Waals surface area contributed by atoms with E-state index in [2.05, 4.69) is 39.8 Å². The van der Waals surface area contributed by atoms with E-state index in [-0.39, 0.29) is 11.1 Å². The fourth-order valence-corrected chi connectivity index (χ4v) is 3.80. The molecule has 0 radical (unpaired) electrons. The van der Waals surface area contributed by atoms with E-state index in [4.69, 9.17) is 10.8 Å². The Morgan fingerprint density at radius 1 is 1.05 bits per heavy atom. The average Bonchev–Trinajstić information content (AvgIpc) is 2.24. The van der Waals surface area contributed by atoms with Crippen LogP contribution in [0.1, 0.15) is 65.7 Å². The van der Waals surface area contributed by atoms with Crippen molar-refractivity contribution in [3.05, 3.63) is 0 Å². The molecule has 0 saturated heterocycles. The first-order valence-corrected chi connectivity index (χ1v) is 10.8. The van der Waals surface area contributed by atoms with Crippen LogP contribution in [0.25, 0.3) is 0 Å². The van der Waals surface area contributed by atoms with E-state index in [0.29, 0.717) is 5.92 Å². The molecule has 0 N–H and O–H groups in total. The van der Waals surface area contributed by atoms with E-state index < -0.39 is 8.32 Å². The van der Waals surface area contributed by atoms with Gasteiger partial charge in [0.05, 0.1) is 0 Å². The Hall–Kier alpha value is -0.263. The molecule has 19 heavy (non-hydrogen) atoms. The lowest BCUT2D eigenvalue weighted by Crippen LogP contribution is -2.45. The second-order valence-corrected chi connectivity index (χ2v) is 12.3. The smallest absolute Gasteiger partial charge is 0.193 e. The number of terminal acetylenes is 1. The quantitative estimate of drug-likeness (QED) is 0.499. The van der Waals surface area contributed by atoms with Crippen LogP contribution in [0.2, 0.25) is 18.1 Å². The van der Waals surface area contributed by atoms with E-state index in [9.17, 15) is 0 Å². The molecule has 1 atom stereocenters. The summed E-state index contributed by atoms with van der Waals surface area (Å²) in [6, 6.07) is 0. The maximum Gasteiger partial charge on any atom is 0.193 e. The molecule has 0 aliphatic heterocycles. The van der Waals surface area contributed by atoms with Crippen molar-refractivity contribution in [2.75, 3.05) is 0 Å². The molecule has 0 bridgehead atoms. The summed E-state index contributed by atoms with van der Waals surface area (Å²) in [6.07, 6.45) is 15.1. The number of rotatable bonds is 3. The van der Waals surface area contributed by atoms with Crippen LogP contribution >= 0.6 is 0 Å². The molecular formula is C17H32OSi. The van der Waals surface area contributed by atoms with Crippen LogP contribution in [0.4, 0.5) is 0 Å². The van der Waals surface area contributed by atoms with E-state index in [0.717, 1.165) is 0 Å². The van der Waals surface area contributed by atoms with Gasteiger partial charge >= 0.3 is 0 Å². The zero-order valence-corrected chi connectivity index (χ0v) is 14.6. The topological polar surface area (TPSA) is 9.23 Å². The fraction of sp³-hybridized carbons (Fsp3) is 0.882. The molecule has 1 rings (SSSR count). The number of hydrogen-bond donors (Lipinski definition) is 0. The molecular weight excluding hydrogens is 248 g/mol. The Morgan fingerprint density at radius 3 is 1.95 bits per heavy atom. The molecule has 1 aliphatic carbocycles. The summed E-state index contributed by atoms with van der Waals surface area (Å²) in [4.78, 5) is 0. The molecule has 0 spiro atoms. The largest absolute Gasteiger partial charge is 0.403 e. The van der Waals surface area contributed by atoms with Gasteiger partial charge < -0.3 is 4.43 Å². The van der Waals surface area contributed by atoms with Crippen molar-refractivity contribution in [3.63, 3.8) is 0 Å². The SMILES string of the molecule is C#CC(O[Si](C)(C)C(C)(C)C)C1CCCCCCC1. The van der Waals surface area contributed by atoms with Gasteiger partial charge in [0.2, 0.25) is 0 Å². The molecule has 1 unspecified atom stereocenters. The van der Waals surface area contributed by atoms with Gasteiger partial charge in [0.15, 0.2) is 8.32 Å². The average molecular weight is 281 g/mol. The van der Waals surface area contributed by atoms with Crippen molar-refractivity contribution in [2.24, 2.45) is 5.92 Å². The molecule has 0 amide bonds. The van der Waals surface area contributed by atoms with Gasteiger partial charge in [-0.3, -0.25) is 0 Å². The minimum Gasteiger partial charge on any atom is -0.403 e. The second kappa shape index (κ2) is 6.95. The van der Waals surface area contributed by atoms with Gasteiger partial charge in [0, 0.05) is 0 Å². The highest BCUT2D eigenvalue weighted by molar-refractivity contribution is 6.74. The molecule has 0 heterocycles. The van der Waals surface area contributed by atoms with E-state index >= 15 is 0 Å². The van der Waals surface area contributed by atoms with Gasteiger partial charge in [0.1, 0.15) is 6.10 Å². The van der Waals surface area contributed by atoms with Gasteiger partial charge in [-0.05, 0) is 36.9 Å². The van der Waals surface area contributed by atoms with Gasteiger partial charge in [-0.15, -0.1) is 6.42 Å². The Labute approximate surface area is 121 Å². The maximum atomic E-state index is 6.49. The normalized spacial score (nSPS) is 21.3. The van der Waals surface area contributed by atoms with Gasteiger partial charge in [-0.1, -0.05) is 58.8 Å². The van der Waals surface area contributed by atoms with E-state index in [1.807, 2.05) is 0 Å². The Morgan fingerprint density at radius 2 is 1.53 bits per heavy atom. The Kier molecular flexibility index (Phi) is 6.14. The van der Waals surface area contributed by atoms with Crippen molar-refractivity contribution in [2.45, 2.75) is 90.0 Å². The molecule has 0 aromatic heterocycles. The standard InChI is InChI=1S/C17H32OSi/c1-7-16(18-19(5,6)17(2,3)4)15-13-11-9-8-10-12-14-15/h1,15-16H,8-14H2,2-6H3. The third kappa shape index (κ3) is 4.97. The summed E-state index contributed by atoms with van der Waals surface area (Å²) in [6.45, 7) is 11.5. The highest BCUT2D eigenvalue weighted by Crippen LogP contribution is 2.39. The van der Waals surface area contributed by atoms with Crippen LogP contribution in [0, 0.1) is 18.3 Å². The van der Waals surface area contributed by atoms with Crippen molar-refractivity contribution < 1.29 is 4.43 Å². The van der Waals surface area contributed by atoms with Crippen LogP contribution in [0.5, 0.6) is 0 Å². The molecule has 110 valence electrons. The highest BCUT2D eigenvalue weighted by atomic mass is 28.4. The van der Waals surface area contributed by atoms with Crippen molar-refractivity contribution in [3.8, 4) is 12.3 Å². The minimum absolute atomic E-state index is 0.0407. The van der Waals surface area contributed by atoms with Gasteiger partial charge in [-0.25, -0.2) is 0 Å². The lowest BCUT2D eigenvalue weighted by molar-refractivity contribution is 0.147. The van der Waals surface area contributed by atoms with Crippen LogP contribution in [-0.4, -0.2) is 14.4 Å². The lowest BCUT2D eigenvalue weighted by atomic mass is 9.87. The van der Waals surface area contributed by atoms with Gasteiger partial charge in [0.25, 0.3) is 0 Å². The molecule has 0 aromatic carbocycles. The first-order valence-electron chi connectivity index (χ1n) is 7.92. The molecule has 0 aromatic rings. The predicted octanol–water partition coefficient (Wildman–Crippen LogP) is 5.37. The van der Waals surface area contributed by atoms with Gasteiger partial charge in [-0.2, -0.15) is 0 Å². The molecule has 1 nitrogen and oxygen atoms in total. The molecule has 2 heteroatoms. The zero-order chi connectivity index (χ0) is 14.5. The summed E-state index contributed by atoms with van der Waals surface area (Å²) in [7, 11) is -1.74. The van der Waals surface area contributed by atoms with Crippen LogP contribution in [0.15, 0.2) is 0 Å². The van der Waals surface area contributed by atoms with Crippen molar-refractivity contribution >= 4 is 8.32 Å². The van der Waals surface area contributed by atoms with Crippen molar-refractivity contribution in [1.82, 2.24) is 0 Å². The minimum atomic E-state index is -1.74. The molecule has 1 fully saturated rings. The van der Waals surface area contributed by atoms with Crippen LogP contribution in [-0.2, 0) is 4.43 Å². The molecule has 1 aliphatic rings. The third-order valence-electron chi connectivity index (χ3n) is 4.97. The first-order chi connectivity index (χ1) is 8.78. The van der Waals surface area contributed by atoms with E-state index in [1.165, 1.54) is 44.9 Å². The summed E-state index contributed by atoms with van der Waals surface area (Å²) >= 11 is 0. The number of hydrogen-bond acceptors (Lipinski definition) is 1. The third-order valence-corrected chi connectivity index (χ3v) is 9.43. The summed E-state index contributed by atoms with van der Waals surface area (Å²) in [5.41, 5.74) is 0. The Bertz CT molecular complexity index is 300. The van der Waals surface area contributed by atoms with Crippen LogP contribution in [0.3, 0.4) is 0 Å². The van der Waals surface area contributed by atoms with Crippen LogP contribution < -0.4 is 0 Å². The maximum absolute atomic E-state index is 6.49. The van der Waals surface area contributed by atoms with E-state index in [1.54, 1.807) is 0 Å². The first kappa shape index (κ1) is 16.8. The summed E-state index contributed by atoms with van der Waals surface area (Å²) < 4.78 is 6.49.